The molecule has 104 valence electrons. The Balaban J connectivity index is 1.61. The molecule has 1 aliphatic rings. The van der Waals surface area contributed by atoms with Gasteiger partial charge in [0.2, 0.25) is 5.88 Å². The Morgan fingerprint density at radius 2 is 2.40 bits per heavy atom. The van der Waals surface area contributed by atoms with E-state index in [0.29, 0.717) is 18.2 Å². The maximum atomic E-state index is 12.2. The molecule has 0 aliphatic carbocycles. The molecule has 0 spiro atoms. The highest BCUT2D eigenvalue weighted by Gasteiger charge is 2.28. The molecule has 1 unspecified atom stereocenters. The van der Waals surface area contributed by atoms with Crippen LogP contribution >= 0.6 is 11.3 Å². The standard InChI is InChI=1S/C14H15N3O2S/c1-10-15-5-2-13(16-10)19-12-3-6-17(8-12)14(18)11-4-7-20-9-11/h2,4-5,7,9,12H,3,6,8H2,1H3. The maximum Gasteiger partial charge on any atom is 0.254 e. The Bertz CT molecular complexity index is 600. The van der Waals surface area contributed by atoms with Gasteiger partial charge in [0.15, 0.2) is 0 Å². The first kappa shape index (κ1) is 13.1. The van der Waals surface area contributed by atoms with E-state index in [9.17, 15) is 4.79 Å². The SMILES string of the molecule is Cc1nccc(OC2CCN(C(=O)c3ccsc3)C2)n1. The summed E-state index contributed by atoms with van der Waals surface area (Å²) >= 11 is 1.54. The van der Waals surface area contributed by atoms with Crippen molar-refractivity contribution in [2.45, 2.75) is 19.4 Å². The van der Waals surface area contributed by atoms with Crippen LogP contribution in [0.5, 0.6) is 5.88 Å². The van der Waals surface area contributed by atoms with Crippen LogP contribution in [-0.4, -0.2) is 40.0 Å². The maximum absolute atomic E-state index is 12.2. The van der Waals surface area contributed by atoms with Crippen LogP contribution in [0.2, 0.25) is 0 Å². The van der Waals surface area contributed by atoms with E-state index < -0.39 is 0 Å². The number of aryl methyl sites for hydroxylation is 1. The number of hydrogen-bond acceptors (Lipinski definition) is 5. The van der Waals surface area contributed by atoms with E-state index in [2.05, 4.69) is 9.97 Å². The fourth-order valence-electron chi connectivity index (χ4n) is 2.25. The Morgan fingerprint density at radius 1 is 1.50 bits per heavy atom. The number of rotatable bonds is 3. The van der Waals surface area contributed by atoms with Crippen molar-refractivity contribution in [3.63, 3.8) is 0 Å². The average molecular weight is 289 g/mol. The molecule has 0 bridgehead atoms. The lowest BCUT2D eigenvalue weighted by Gasteiger charge is -2.16. The third-order valence-corrected chi connectivity index (χ3v) is 3.92. The zero-order valence-electron chi connectivity index (χ0n) is 11.2. The van der Waals surface area contributed by atoms with E-state index >= 15 is 0 Å². The number of carbonyl (C=O) groups excluding carboxylic acids is 1. The molecule has 5 nitrogen and oxygen atoms in total. The summed E-state index contributed by atoms with van der Waals surface area (Å²) in [5.41, 5.74) is 0.758. The second-order valence-electron chi connectivity index (χ2n) is 4.73. The molecule has 20 heavy (non-hydrogen) atoms. The number of ether oxygens (including phenoxy) is 1. The van der Waals surface area contributed by atoms with Crippen molar-refractivity contribution in [3.05, 3.63) is 40.5 Å². The predicted molar refractivity (Wildman–Crippen MR) is 76.0 cm³/mol. The van der Waals surface area contributed by atoms with Gasteiger partial charge in [0.25, 0.3) is 5.91 Å². The Hall–Kier alpha value is -1.95. The van der Waals surface area contributed by atoms with Crippen molar-refractivity contribution in [2.75, 3.05) is 13.1 Å². The van der Waals surface area contributed by atoms with E-state index in [1.54, 1.807) is 12.3 Å². The molecule has 1 atom stereocenters. The Morgan fingerprint density at radius 3 is 3.15 bits per heavy atom. The van der Waals surface area contributed by atoms with Gasteiger partial charge in [-0.15, -0.1) is 0 Å². The van der Waals surface area contributed by atoms with Gasteiger partial charge in [0.1, 0.15) is 11.9 Å². The highest BCUT2D eigenvalue weighted by atomic mass is 32.1. The van der Waals surface area contributed by atoms with Crippen LogP contribution in [0.3, 0.4) is 0 Å². The summed E-state index contributed by atoms with van der Waals surface area (Å²) in [6.07, 6.45) is 2.52. The third kappa shape index (κ3) is 2.80. The second kappa shape index (κ2) is 5.58. The number of amides is 1. The van der Waals surface area contributed by atoms with Gasteiger partial charge >= 0.3 is 0 Å². The van der Waals surface area contributed by atoms with Crippen LogP contribution in [0.4, 0.5) is 0 Å². The molecule has 6 heteroatoms. The molecule has 2 aromatic rings. The molecule has 3 heterocycles. The predicted octanol–water partition coefficient (Wildman–Crippen LogP) is 2.14. The van der Waals surface area contributed by atoms with Gasteiger partial charge in [0, 0.05) is 30.6 Å². The molecular formula is C14H15N3O2S. The quantitative estimate of drug-likeness (QED) is 0.868. The van der Waals surface area contributed by atoms with Gasteiger partial charge < -0.3 is 9.64 Å². The van der Waals surface area contributed by atoms with E-state index in [0.717, 1.165) is 18.5 Å². The molecule has 0 radical (unpaired) electrons. The summed E-state index contributed by atoms with van der Waals surface area (Å²) in [6, 6.07) is 3.60. The smallest absolute Gasteiger partial charge is 0.254 e. The Labute approximate surface area is 121 Å². The first-order valence-corrected chi connectivity index (χ1v) is 7.44. The van der Waals surface area contributed by atoms with Crippen molar-refractivity contribution < 1.29 is 9.53 Å². The summed E-state index contributed by atoms with van der Waals surface area (Å²) in [7, 11) is 0. The zero-order valence-corrected chi connectivity index (χ0v) is 12.0. The van der Waals surface area contributed by atoms with Crippen LogP contribution in [0.15, 0.2) is 29.1 Å². The van der Waals surface area contributed by atoms with Gasteiger partial charge in [-0.3, -0.25) is 4.79 Å². The van der Waals surface area contributed by atoms with E-state index in [1.807, 2.05) is 28.7 Å². The van der Waals surface area contributed by atoms with Gasteiger partial charge in [-0.1, -0.05) is 0 Å². The number of hydrogen-bond donors (Lipinski definition) is 0. The number of carbonyl (C=O) groups is 1. The molecule has 1 amide bonds. The minimum Gasteiger partial charge on any atom is -0.472 e. The zero-order chi connectivity index (χ0) is 13.9. The van der Waals surface area contributed by atoms with Crippen LogP contribution < -0.4 is 4.74 Å². The first-order chi connectivity index (χ1) is 9.72. The normalized spacial score (nSPS) is 18.2. The van der Waals surface area contributed by atoms with Crippen LogP contribution in [0, 0.1) is 6.92 Å². The summed E-state index contributed by atoms with van der Waals surface area (Å²) in [5.74, 6) is 1.34. The van der Waals surface area contributed by atoms with Crippen molar-refractivity contribution in [3.8, 4) is 5.88 Å². The molecule has 0 aromatic carbocycles. The van der Waals surface area contributed by atoms with Gasteiger partial charge in [-0.05, 0) is 18.4 Å². The largest absolute Gasteiger partial charge is 0.472 e. The van der Waals surface area contributed by atoms with Crippen molar-refractivity contribution in [2.24, 2.45) is 0 Å². The van der Waals surface area contributed by atoms with Crippen LogP contribution in [-0.2, 0) is 0 Å². The molecule has 3 rings (SSSR count). The highest BCUT2D eigenvalue weighted by Crippen LogP contribution is 2.19. The summed E-state index contributed by atoms with van der Waals surface area (Å²) < 4.78 is 5.81. The van der Waals surface area contributed by atoms with Gasteiger partial charge in [-0.2, -0.15) is 16.3 Å². The molecule has 1 saturated heterocycles. The molecule has 1 fully saturated rings. The van der Waals surface area contributed by atoms with E-state index in [1.165, 1.54) is 11.3 Å². The number of nitrogens with zero attached hydrogens (tertiary/aromatic N) is 3. The fraction of sp³-hybridized carbons (Fsp3) is 0.357. The number of aromatic nitrogens is 2. The lowest BCUT2D eigenvalue weighted by Crippen LogP contribution is -2.30. The summed E-state index contributed by atoms with van der Waals surface area (Å²) in [6.45, 7) is 3.16. The van der Waals surface area contributed by atoms with Gasteiger partial charge in [-0.25, -0.2) is 4.98 Å². The highest BCUT2D eigenvalue weighted by molar-refractivity contribution is 7.08. The summed E-state index contributed by atoms with van der Waals surface area (Å²) in [5, 5.41) is 3.80. The van der Waals surface area contributed by atoms with Gasteiger partial charge in [0.05, 0.1) is 12.1 Å². The van der Waals surface area contributed by atoms with Crippen molar-refractivity contribution in [1.29, 1.82) is 0 Å². The fourth-order valence-corrected chi connectivity index (χ4v) is 2.88. The average Bonchev–Trinajstić information content (AvgIpc) is 3.09. The second-order valence-corrected chi connectivity index (χ2v) is 5.51. The monoisotopic (exact) mass is 289 g/mol. The molecule has 2 aromatic heterocycles. The number of likely N-dealkylation sites (tertiary alicyclic amines) is 1. The lowest BCUT2D eigenvalue weighted by molar-refractivity contribution is 0.0771. The first-order valence-electron chi connectivity index (χ1n) is 6.50. The van der Waals surface area contributed by atoms with Crippen molar-refractivity contribution in [1.82, 2.24) is 14.9 Å². The van der Waals surface area contributed by atoms with E-state index in [4.69, 9.17) is 4.74 Å². The topological polar surface area (TPSA) is 55.3 Å². The summed E-state index contributed by atoms with van der Waals surface area (Å²) in [4.78, 5) is 22.3. The molecule has 0 saturated carbocycles. The Kier molecular flexibility index (Phi) is 3.64. The third-order valence-electron chi connectivity index (χ3n) is 3.24. The number of thiophene rings is 1. The minimum absolute atomic E-state index is 0.00638. The minimum atomic E-state index is 0.00638. The molecule has 1 aliphatic heterocycles. The van der Waals surface area contributed by atoms with Crippen LogP contribution in [0.1, 0.15) is 22.6 Å². The lowest BCUT2D eigenvalue weighted by atomic mass is 10.3. The molecular weight excluding hydrogens is 274 g/mol. The molecule has 0 N–H and O–H groups in total. The van der Waals surface area contributed by atoms with E-state index in [-0.39, 0.29) is 12.0 Å². The van der Waals surface area contributed by atoms with Crippen LogP contribution in [0.25, 0.3) is 0 Å². The van der Waals surface area contributed by atoms with Crippen molar-refractivity contribution >= 4 is 17.2 Å².